The standard InChI is InChI=1S/C5H7F2NO4/c6-5(7,1-2(9)10)3(8)4(11)12/h3H,1,8H2,(H,9,10)(H,11,12)/p-2/t3-/m1/s1. The van der Waals surface area contributed by atoms with Crippen molar-refractivity contribution in [1.29, 1.82) is 0 Å². The van der Waals surface area contributed by atoms with E-state index in [9.17, 15) is 28.6 Å². The molecular formula is C5H5F2NO4-2. The van der Waals surface area contributed by atoms with Crippen molar-refractivity contribution in [2.75, 3.05) is 0 Å². The number of halogens is 2. The summed E-state index contributed by atoms with van der Waals surface area (Å²) in [6.07, 6.45) is -1.73. The van der Waals surface area contributed by atoms with Gasteiger partial charge in [-0.2, -0.15) is 0 Å². The molecule has 0 aliphatic carbocycles. The van der Waals surface area contributed by atoms with Gasteiger partial charge in [0.1, 0.15) is 6.04 Å². The molecule has 1 atom stereocenters. The Morgan fingerprint density at radius 3 is 2.08 bits per heavy atom. The third kappa shape index (κ3) is 2.79. The molecule has 2 N–H and O–H groups in total. The van der Waals surface area contributed by atoms with Crippen LogP contribution in [0.2, 0.25) is 0 Å². The highest BCUT2D eigenvalue weighted by molar-refractivity contribution is 5.74. The van der Waals surface area contributed by atoms with Crippen LogP contribution >= 0.6 is 0 Å². The Bertz CT molecular complexity index is 206. The summed E-state index contributed by atoms with van der Waals surface area (Å²) in [6.45, 7) is 0. The number of alkyl halides is 2. The average Bonchev–Trinajstić information content (AvgIpc) is 1.82. The summed E-state index contributed by atoms with van der Waals surface area (Å²) in [6, 6.07) is -2.63. The monoisotopic (exact) mass is 181 g/mol. The second-order valence-corrected chi connectivity index (χ2v) is 2.11. The SMILES string of the molecule is N[C@H](C(=O)[O-])C(F)(F)CC(=O)[O-]. The predicted octanol–water partition coefficient (Wildman–Crippen LogP) is -3.16. The number of rotatable bonds is 4. The van der Waals surface area contributed by atoms with Crippen LogP contribution in [0.25, 0.3) is 0 Å². The molecule has 70 valence electrons. The highest BCUT2D eigenvalue weighted by Crippen LogP contribution is 2.20. The molecule has 0 aromatic heterocycles. The largest absolute Gasteiger partial charge is 0.550 e. The molecule has 7 heteroatoms. The minimum absolute atomic E-state index is 1.73. The molecule has 5 nitrogen and oxygen atoms in total. The first-order chi connectivity index (χ1) is 5.27. The van der Waals surface area contributed by atoms with Crippen molar-refractivity contribution in [3.63, 3.8) is 0 Å². The minimum atomic E-state index is -4.04. The maximum Gasteiger partial charge on any atom is 0.273 e. The zero-order chi connectivity index (χ0) is 9.94. The van der Waals surface area contributed by atoms with Crippen LogP contribution in [0, 0.1) is 0 Å². The van der Waals surface area contributed by atoms with Crippen LogP contribution in [0.3, 0.4) is 0 Å². The second-order valence-electron chi connectivity index (χ2n) is 2.11. The number of nitrogens with two attached hydrogens (primary N) is 1. The average molecular weight is 181 g/mol. The fraction of sp³-hybridized carbons (Fsp3) is 0.600. The summed E-state index contributed by atoms with van der Waals surface area (Å²) in [5, 5.41) is 19.5. The van der Waals surface area contributed by atoms with Crippen LogP contribution in [-0.4, -0.2) is 23.9 Å². The quantitative estimate of drug-likeness (QED) is 0.492. The van der Waals surface area contributed by atoms with Gasteiger partial charge < -0.3 is 25.5 Å². The zero-order valence-corrected chi connectivity index (χ0v) is 5.75. The van der Waals surface area contributed by atoms with Crippen molar-refractivity contribution in [3.8, 4) is 0 Å². The number of hydrogen-bond donors (Lipinski definition) is 1. The number of carbonyl (C=O) groups is 2. The molecule has 12 heavy (non-hydrogen) atoms. The lowest BCUT2D eigenvalue weighted by Gasteiger charge is -2.24. The number of carboxylic acids is 2. The molecule has 0 aliphatic rings. The Morgan fingerprint density at radius 1 is 1.42 bits per heavy atom. The molecule has 0 bridgehead atoms. The van der Waals surface area contributed by atoms with Gasteiger partial charge in [-0.05, 0) is 0 Å². The van der Waals surface area contributed by atoms with E-state index < -0.39 is 30.3 Å². The van der Waals surface area contributed by atoms with Crippen LogP contribution in [0.1, 0.15) is 6.42 Å². The van der Waals surface area contributed by atoms with Crippen molar-refractivity contribution < 1.29 is 28.6 Å². The highest BCUT2D eigenvalue weighted by Gasteiger charge is 2.37. The fourth-order valence-corrected chi connectivity index (χ4v) is 0.475. The van der Waals surface area contributed by atoms with Crippen LogP contribution in [-0.2, 0) is 9.59 Å². The Kier molecular flexibility index (Phi) is 3.08. The first-order valence-electron chi connectivity index (χ1n) is 2.81. The maximum atomic E-state index is 12.4. The summed E-state index contributed by atoms with van der Waals surface area (Å²) in [5.41, 5.74) is 4.44. The van der Waals surface area contributed by atoms with E-state index in [4.69, 9.17) is 0 Å². The van der Waals surface area contributed by atoms with E-state index in [1.54, 1.807) is 0 Å². The van der Waals surface area contributed by atoms with Gasteiger partial charge in [0.15, 0.2) is 0 Å². The molecule has 0 radical (unpaired) electrons. The van der Waals surface area contributed by atoms with E-state index in [0.29, 0.717) is 0 Å². The Hall–Kier alpha value is -1.24. The third-order valence-corrected chi connectivity index (χ3v) is 1.09. The predicted molar refractivity (Wildman–Crippen MR) is 27.6 cm³/mol. The summed E-state index contributed by atoms with van der Waals surface area (Å²) >= 11 is 0. The van der Waals surface area contributed by atoms with Crippen LogP contribution in [0.5, 0.6) is 0 Å². The summed E-state index contributed by atoms with van der Waals surface area (Å²) in [7, 11) is 0. The van der Waals surface area contributed by atoms with E-state index in [0.717, 1.165) is 0 Å². The summed E-state index contributed by atoms with van der Waals surface area (Å²) in [5.74, 6) is -8.32. The molecule has 0 fully saturated rings. The van der Waals surface area contributed by atoms with Gasteiger partial charge in [0.05, 0.1) is 12.4 Å². The summed E-state index contributed by atoms with van der Waals surface area (Å²) in [4.78, 5) is 19.5. The number of carbonyl (C=O) groups excluding carboxylic acids is 2. The third-order valence-electron chi connectivity index (χ3n) is 1.09. The normalized spacial score (nSPS) is 13.9. The first kappa shape index (κ1) is 10.8. The molecule has 0 aromatic rings. The summed E-state index contributed by atoms with van der Waals surface area (Å²) < 4.78 is 24.7. The van der Waals surface area contributed by atoms with Gasteiger partial charge in [0.25, 0.3) is 5.92 Å². The van der Waals surface area contributed by atoms with Gasteiger partial charge in [-0.25, -0.2) is 8.78 Å². The van der Waals surface area contributed by atoms with E-state index in [-0.39, 0.29) is 0 Å². The lowest BCUT2D eigenvalue weighted by Crippen LogP contribution is -2.55. The topological polar surface area (TPSA) is 106 Å². The van der Waals surface area contributed by atoms with Crippen molar-refractivity contribution in [3.05, 3.63) is 0 Å². The van der Waals surface area contributed by atoms with Gasteiger partial charge in [0, 0.05) is 5.97 Å². The Labute approximate surface area is 65.8 Å². The van der Waals surface area contributed by atoms with E-state index in [1.807, 2.05) is 0 Å². The molecular weight excluding hydrogens is 176 g/mol. The lowest BCUT2D eigenvalue weighted by molar-refractivity contribution is -0.318. The molecule has 0 unspecified atom stereocenters. The number of carboxylic acid groups (broad SMARTS) is 2. The van der Waals surface area contributed by atoms with E-state index in [2.05, 4.69) is 5.73 Å². The van der Waals surface area contributed by atoms with Gasteiger partial charge in [-0.1, -0.05) is 0 Å². The van der Waals surface area contributed by atoms with E-state index in [1.165, 1.54) is 0 Å². The van der Waals surface area contributed by atoms with Crippen LogP contribution in [0.15, 0.2) is 0 Å². The smallest absolute Gasteiger partial charge is 0.273 e. The highest BCUT2D eigenvalue weighted by atomic mass is 19.3. The van der Waals surface area contributed by atoms with Gasteiger partial charge in [-0.3, -0.25) is 0 Å². The van der Waals surface area contributed by atoms with Crippen LogP contribution < -0.4 is 15.9 Å². The van der Waals surface area contributed by atoms with Gasteiger partial charge in [-0.15, -0.1) is 0 Å². The number of hydrogen-bond acceptors (Lipinski definition) is 5. The fourth-order valence-electron chi connectivity index (χ4n) is 0.475. The second kappa shape index (κ2) is 3.44. The van der Waals surface area contributed by atoms with E-state index >= 15 is 0 Å². The first-order valence-corrected chi connectivity index (χ1v) is 2.81. The van der Waals surface area contributed by atoms with Gasteiger partial charge in [0.2, 0.25) is 0 Å². The molecule has 0 saturated carbocycles. The minimum Gasteiger partial charge on any atom is -0.550 e. The van der Waals surface area contributed by atoms with Crippen molar-refractivity contribution in [2.45, 2.75) is 18.4 Å². The molecule has 0 amide bonds. The van der Waals surface area contributed by atoms with Crippen molar-refractivity contribution >= 4 is 11.9 Å². The molecule has 0 heterocycles. The Balaban J connectivity index is 4.38. The van der Waals surface area contributed by atoms with Crippen LogP contribution in [0.4, 0.5) is 8.78 Å². The molecule has 0 rings (SSSR count). The van der Waals surface area contributed by atoms with Crippen molar-refractivity contribution in [1.82, 2.24) is 0 Å². The maximum absolute atomic E-state index is 12.4. The molecule has 0 aromatic carbocycles. The molecule has 0 aliphatic heterocycles. The lowest BCUT2D eigenvalue weighted by atomic mass is 10.1. The number of aliphatic carboxylic acids is 2. The molecule has 0 spiro atoms. The zero-order valence-electron chi connectivity index (χ0n) is 5.75. The van der Waals surface area contributed by atoms with Gasteiger partial charge >= 0.3 is 0 Å². The molecule has 0 saturated heterocycles. The van der Waals surface area contributed by atoms with Crippen molar-refractivity contribution in [2.24, 2.45) is 5.73 Å². The Morgan fingerprint density at radius 2 is 1.83 bits per heavy atom.